The molecule has 0 bridgehead atoms. The van der Waals surface area contributed by atoms with Crippen molar-refractivity contribution >= 4 is 23.3 Å². The van der Waals surface area contributed by atoms with E-state index in [0.29, 0.717) is 18.7 Å². The van der Waals surface area contributed by atoms with Crippen molar-refractivity contribution in [3.63, 3.8) is 0 Å². The fraction of sp³-hybridized carbons (Fsp3) is 0.640. The van der Waals surface area contributed by atoms with Gasteiger partial charge in [-0.3, -0.25) is 9.48 Å². The highest BCUT2D eigenvalue weighted by Crippen LogP contribution is 2.39. The molecule has 3 rings (SSSR count). The minimum atomic E-state index is -3.10. The van der Waals surface area contributed by atoms with E-state index >= 15 is 0 Å². The molecule has 1 aliphatic carbocycles. The molecule has 0 spiro atoms. The minimum Gasteiger partial charge on any atom is -0.434 e. The molecular formula is C25H36ClF2N5O4. The summed E-state index contributed by atoms with van der Waals surface area (Å²) in [6, 6.07) is 1.36. The van der Waals surface area contributed by atoms with Gasteiger partial charge in [0.15, 0.2) is 5.69 Å². The lowest BCUT2D eigenvalue weighted by Gasteiger charge is -2.39. The number of nitrogens with zero attached hydrogens (tertiary/aromatic N) is 3. The Balaban J connectivity index is 1.93. The number of alkyl halides is 2. The van der Waals surface area contributed by atoms with Crippen LogP contribution in [-0.4, -0.2) is 61.3 Å². The Morgan fingerprint density at radius 1 is 1.41 bits per heavy atom. The molecule has 1 saturated carbocycles. The molecule has 1 aliphatic rings. The maximum atomic E-state index is 13.3. The molecule has 206 valence electrons. The summed E-state index contributed by atoms with van der Waals surface area (Å²) in [5.41, 5.74) is -1.59. The third-order valence-electron chi connectivity index (χ3n) is 6.97. The quantitative estimate of drug-likeness (QED) is 0.349. The molecule has 4 N–H and O–H groups in total. The molecular weight excluding hydrogens is 508 g/mol. The zero-order chi connectivity index (χ0) is 27.5. The number of aliphatic hydroxyl groups excluding tert-OH is 1. The summed E-state index contributed by atoms with van der Waals surface area (Å²) in [6.45, 7) is 6.64. The smallest absolute Gasteiger partial charge is 0.387 e. The number of ether oxygens (including phenoxy) is 1. The van der Waals surface area contributed by atoms with Crippen molar-refractivity contribution in [3.05, 3.63) is 23.0 Å². The highest BCUT2D eigenvalue weighted by Gasteiger charge is 2.40. The van der Waals surface area contributed by atoms with Crippen LogP contribution in [0.15, 0.2) is 12.3 Å². The van der Waals surface area contributed by atoms with Crippen LogP contribution in [0.25, 0.3) is 11.3 Å². The van der Waals surface area contributed by atoms with Gasteiger partial charge in [-0.25, -0.2) is 4.98 Å². The van der Waals surface area contributed by atoms with Crippen LogP contribution in [-0.2, 0) is 6.54 Å². The van der Waals surface area contributed by atoms with Crippen LogP contribution in [0.1, 0.15) is 70.8 Å². The van der Waals surface area contributed by atoms with Crippen molar-refractivity contribution in [3.8, 4) is 17.0 Å². The maximum Gasteiger partial charge on any atom is 0.387 e. The van der Waals surface area contributed by atoms with Crippen molar-refractivity contribution in [1.82, 2.24) is 20.1 Å². The van der Waals surface area contributed by atoms with Crippen molar-refractivity contribution in [2.45, 2.75) is 90.7 Å². The summed E-state index contributed by atoms with van der Waals surface area (Å²) in [4.78, 5) is 17.4. The molecule has 2 aromatic heterocycles. The van der Waals surface area contributed by atoms with Gasteiger partial charge in [0.05, 0.1) is 22.4 Å². The normalized spacial score (nSPS) is 22.2. The topological polar surface area (TPSA) is 122 Å². The fourth-order valence-corrected chi connectivity index (χ4v) is 4.61. The number of hydrogen-bond donors (Lipinski definition) is 4. The first-order chi connectivity index (χ1) is 17.3. The summed E-state index contributed by atoms with van der Waals surface area (Å²) in [5, 5.41) is 31.2. The number of pyridine rings is 1. The number of aliphatic hydroxyl groups is 2. The summed E-state index contributed by atoms with van der Waals surface area (Å²) < 4.78 is 32.8. The van der Waals surface area contributed by atoms with Crippen LogP contribution < -0.4 is 15.4 Å². The van der Waals surface area contributed by atoms with Gasteiger partial charge in [0.1, 0.15) is 17.2 Å². The highest BCUT2D eigenvalue weighted by molar-refractivity contribution is 6.36. The van der Waals surface area contributed by atoms with E-state index in [1.54, 1.807) is 6.92 Å². The van der Waals surface area contributed by atoms with Crippen LogP contribution in [0.5, 0.6) is 5.75 Å². The Morgan fingerprint density at radius 3 is 2.70 bits per heavy atom. The predicted octanol–water partition coefficient (Wildman–Crippen LogP) is 4.46. The van der Waals surface area contributed by atoms with Gasteiger partial charge in [0.25, 0.3) is 5.91 Å². The molecule has 2 heterocycles. The number of carbonyl (C=O) groups is 1. The number of amides is 1. The summed E-state index contributed by atoms with van der Waals surface area (Å²) in [5.74, 6) is -0.214. The van der Waals surface area contributed by atoms with Gasteiger partial charge in [-0.15, -0.1) is 0 Å². The van der Waals surface area contributed by atoms with Crippen molar-refractivity contribution in [2.24, 2.45) is 5.92 Å². The molecule has 0 aromatic carbocycles. The van der Waals surface area contributed by atoms with E-state index in [2.05, 4.69) is 20.7 Å². The molecule has 1 amide bonds. The standard InChI is InChI=1S/C25H36ClF2N5O4/c1-6-24(4,5)31-18-11-16(37-23(27)28)15(12-29-18)21-19(26)20(32-33(21)7-2)22(35)30-13-25(36)9-8-14(3)10-17(25)34/h11-12,14,17,23,34,36H,6-10,13H2,1-5H3,(H,29,31)(H,30,35)/t14-,17+,25+/m0/s1. The van der Waals surface area contributed by atoms with E-state index in [0.717, 1.165) is 12.8 Å². The second-order valence-electron chi connectivity index (χ2n) is 10.3. The molecule has 9 nitrogen and oxygen atoms in total. The second kappa shape index (κ2) is 11.5. The number of aryl methyl sites for hydroxylation is 1. The third kappa shape index (κ3) is 6.69. The van der Waals surface area contributed by atoms with Crippen LogP contribution in [0, 0.1) is 5.92 Å². The second-order valence-corrected chi connectivity index (χ2v) is 10.7. The summed E-state index contributed by atoms with van der Waals surface area (Å²) in [7, 11) is 0. The van der Waals surface area contributed by atoms with Gasteiger partial charge in [-0.1, -0.05) is 25.4 Å². The zero-order valence-electron chi connectivity index (χ0n) is 21.8. The first-order valence-electron chi connectivity index (χ1n) is 12.5. The number of carbonyl (C=O) groups excluding carboxylic acids is 1. The number of rotatable bonds is 10. The lowest BCUT2D eigenvalue weighted by molar-refractivity contribution is -0.106. The van der Waals surface area contributed by atoms with Crippen LogP contribution in [0.2, 0.25) is 5.02 Å². The number of anilines is 1. The Kier molecular flexibility index (Phi) is 9.02. The van der Waals surface area contributed by atoms with Crippen molar-refractivity contribution < 1.29 is 28.5 Å². The summed E-state index contributed by atoms with van der Waals surface area (Å²) in [6.07, 6.45) is 2.64. The molecule has 1 fully saturated rings. The van der Waals surface area contributed by atoms with Gasteiger partial charge < -0.3 is 25.6 Å². The van der Waals surface area contributed by atoms with Crippen LogP contribution in [0.3, 0.4) is 0 Å². The van der Waals surface area contributed by atoms with E-state index in [9.17, 15) is 23.8 Å². The fourth-order valence-electron chi connectivity index (χ4n) is 4.29. The SMILES string of the molecule is CCn1nc(C(=O)NC[C@]2(O)CC[C@H](C)C[C@H]2O)c(Cl)c1-c1cnc(NC(C)(C)CC)cc1OC(F)F. The first kappa shape index (κ1) is 29.1. The van der Waals surface area contributed by atoms with E-state index in [1.807, 2.05) is 27.7 Å². The van der Waals surface area contributed by atoms with E-state index < -0.39 is 24.2 Å². The van der Waals surface area contributed by atoms with E-state index in [1.165, 1.54) is 16.9 Å². The first-order valence-corrected chi connectivity index (χ1v) is 12.9. The van der Waals surface area contributed by atoms with E-state index in [4.69, 9.17) is 16.3 Å². The minimum absolute atomic E-state index is 0.0698. The molecule has 2 aromatic rings. The lowest BCUT2D eigenvalue weighted by Crippen LogP contribution is -2.54. The van der Waals surface area contributed by atoms with Gasteiger partial charge in [-0.05, 0) is 52.4 Å². The number of nitrogens with one attached hydrogen (secondary N) is 2. The Hall–Kier alpha value is -2.50. The van der Waals surface area contributed by atoms with Gasteiger partial charge in [-0.2, -0.15) is 13.9 Å². The molecule has 0 radical (unpaired) electrons. The lowest BCUT2D eigenvalue weighted by atomic mass is 9.77. The molecule has 12 heteroatoms. The Bertz CT molecular complexity index is 1110. The van der Waals surface area contributed by atoms with Gasteiger partial charge in [0.2, 0.25) is 0 Å². The number of hydrogen-bond acceptors (Lipinski definition) is 7. The van der Waals surface area contributed by atoms with Crippen molar-refractivity contribution in [2.75, 3.05) is 11.9 Å². The van der Waals surface area contributed by atoms with Crippen molar-refractivity contribution in [1.29, 1.82) is 0 Å². The monoisotopic (exact) mass is 543 g/mol. The van der Waals surface area contributed by atoms with Gasteiger partial charge in [0, 0.05) is 30.9 Å². The molecule has 3 atom stereocenters. The highest BCUT2D eigenvalue weighted by atomic mass is 35.5. The number of aromatic nitrogens is 3. The van der Waals surface area contributed by atoms with Crippen LogP contribution >= 0.6 is 11.6 Å². The molecule has 0 aliphatic heterocycles. The third-order valence-corrected chi connectivity index (χ3v) is 7.33. The van der Waals surface area contributed by atoms with E-state index in [-0.39, 0.29) is 52.3 Å². The van der Waals surface area contributed by atoms with Gasteiger partial charge >= 0.3 is 6.61 Å². The molecule has 0 unspecified atom stereocenters. The number of halogens is 3. The predicted molar refractivity (Wildman–Crippen MR) is 137 cm³/mol. The maximum absolute atomic E-state index is 13.3. The van der Waals surface area contributed by atoms with Crippen LogP contribution in [0.4, 0.5) is 14.6 Å². The average molecular weight is 544 g/mol. The zero-order valence-corrected chi connectivity index (χ0v) is 22.6. The Labute approximate surface area is 220 Å². The Morgan fingerprint density at radius 2 is 2.11 bits per heavy atom. The average Bonchev–Trinajstić information content (AvgIpc) is 3.16. The largest absolute Gasteiger partial charge is 0.434 e. The molecule has 0 saturated heterocycles. The molecule has 37 heavy (non-hydrogen) atoms. The summed E-state index contributed by atoms with van der Waals surface area (Å²) >= 11 is 6.58.